The highest BCUT2D eigenvalue weighted by Gasteiger charge is 2.18. The van der Waals surface area contributed by atoms with Crippen LogP contribution in [0.3, 0.4) is 0 Å². The number of carbonyl (C=O) groups excluding carboxylic acids is 1. The van der Waals surface area contributed by atoms with Gasteiger partial charge in [-0.3, -0.25) is 25.3 Å². The van der Waals surface area contributed by atoms with E-state index in [-0.39, 0.29) is 22.9 Å². The first-order valence-corrected chi connectivity index (χ1v) is 5.54. The van der Waals surface area contributed by atoms with Gasteiger partial charge in [0.1, 0.15) is 5.82 Å². The summed E-state index contributed by atoms with van der Waals surface area (Å²) < 4.78 is 4.86. The monoisotopic (exact) mass is 277 g/mol. The number of nitrogens with zero attached hydrogens (tertiary/aromatic N) is 3. The lowest BCUT2D eigenvalue weighted by atomic mass is 10.2. The molecule has 9 nitrogen and oxygen atoms in total. The topological polar surface area (TPSA) is 123 Å². The van der Waals surface area contributed by atoms with Gasteiger partial charge in [0.2, 0.25) is 5.95 Å². The first-order chi connectivity index (χ1) is 9.51. The van der Waals surface area contributed by atoms with E-state index in [0.717, 1.165) is 6.07 Å². The molecule has 0 atom stereocenters. The number of methoxy groups -OCH3 is 1. The zero-order chi connectivity index (χ0) is 14.7. The molecule has 0 bridgehead atoms. The number of aromatic amines is 1. The molecule has 1 aromatic heterocycles. The van der Waals surface area contributed by atoms with Crippen molar-refractivity contribution in [1.29, 1.82) is 0 Å². The first-order valence-electron chi connectivity index (χ1n) is 5.54. The number of nitrogens with one attached hydrogen (secondary N) is 2. The van der Waals surface area contributed by atoms with Crippen LogP contribution in [0, 0.1) is 17.0 Å². The van der Waals surface area contributed by atoms with Crippen molar-refractivity contribution in [1.82, 2.24) is 15.2 Å². The summed E-state index contributed by atoms with van der Waals surface area (Å²) in [5.41, 5.74) is -0.175. The largest absolute Gasteiger partial charge is 0.490 e. The normalized spacial score (nSPS) is 10.1. The van der Waals surface area contributed by atoms with Crippen molar-refractivity contribution >= 4 is 17.5 Å². The zero-order valence-corrected chi connectivity index (χ0v) is 10.7. The average molecular weight is 277 g/mol. The molecule has 0 fully saturated rings. The minimum Gasteiger partial charge on any atom is -0.490 e. The highest BCUT2D eigenvalue weighted by molar-refractivity contribution is 6.03. The number of rotatable bonds is 4. The molecular formula is C11H11N5O4. The van der Waals surface area contributed by atoms with Gasteiger partial charge in [0.05, 0.1) is 12.0 Å². The number of aromatic nitrogens is 3. The Bertz CT molecular complexity index is 667. The van der Waals surface area contributed by atoms with E-state index >= 15 is 0 Å². The number of nitro groups is 1. The third-order valence-corrected chi connectivity index (χ3v) is 2.46. The van der Waals surface area contributed by atoms with E-state index in [0.29, 0.717) is 5.82 Å². The average Bonchev–Trinajstić information content (AvgIpc) is 2.83. The molecular weight excluding hydrogens is 266 g/mol. The summed E-state index contributed by atoms with van der Waals surface area (Å²) in [6.45, 7) is 1.68. The van der Waals surface area contributed by atoms with Crippen LogP contribution in [-0.4, -0.2) is 33.1 Å². The van der Waals surface area contributed by atoms with Crippen LogP contribution >= 0.6 is 0 Å². The molecule has 1 aromatic carbocycles. The minimum absolute atomic E-state index is 0.0836. The first kappa shape index (κ1) is 13.5. The van der Waals surface area contributed by atoms with Gasteiger partial charge in [-0.15, -0.1) is 5.10 Å². The fourth-order valence-corrected chi connectivity index (χ4v) is 1.55. The van der Waals surface area contributed by atoms with Gasteiger partial charge in [0, 0.05) is 11.6 Å². The Balaban J connectivity index is 2.26. The van der Waals surface area contributed by atoms with Crippen molar-refractivity contribution in [3.63, 3.8) is 0 Å². The third-order valence-electron chi connectivity index (χ3n) is 2.46. The number of carbonyl (C=O) groups is 1. The third kappa shape index (κ3) is 2.71. The van der Waals surface area contributed by atoms with E-state index < -0.39 is 10.8 Å². The van der Waals surface area contributed by atoms with E-state index in [4.69, 9.17) is 4.74 Å². The molecule has 0 unspecified atom stereocenters. The van der Waals surface area contributed by atoms with E-state index in [1.54, 1.807) is 6.92 Å². The van der Waals surface area contributed by atoms with Gasteiger partial charge in [0.15, 0.2) is 5.75 Å². The molecule has 0 spiro atoms. The number of hydrogen-bond acceptors (Lipinski definition) is 6. The van der Waals surface area contributed by atoms with Crippen molar-refractivity contribution in [2.45, 2.75) is 6.92 Å². The molecule has 9 heteroatoms. The number of benzene rings is 1. The van der Waals surface area contributed by atoms with Gasteiger partial charge < -0.3 is 4.74 Å². The van der Waals surface area contributed by atoms with Crippen LogP contribution < -0.4 is 10.1 Å². The summed E-state index contributed by atoms with van der Waals surface area (Å²) in [5, 5.41) is 19.6. The number of aryl methyl sites for hydroxylation is 1. The molecule has 20 heavy (non-hydrogen) atoms. The maximum Gasteiger partial charge on any atom is 0.311 e. The summed E-state index contributed by atoms with van der Waals surface area (Å²) in [5.74, 6) is 0.182. The molecule has 0 aliphatic heterocycles. The SMILES string of the molecule is COc1ccc(C(=O)Nc2n[nH]c(C)n2)cc1[N+](=O)[O-]. The lowest BCUT2D eigenvalue weighted by molar-refractivity contribution is -0.385. The lowest BCUT2D eigenvalue weighted by Gasteiger charge is -2.04. The van der Waals surface area contributed by atoms with Crippen LogP contribution in [0.4, 0.5) is 11.6 Å². The Kier molecular flexibility index (Phi) is 3.60. The summed E-state index contributed by atoms with van der Waals surface area (Å²) in [7, 11) is 1.32. The number of anilines is 1. The maximum atomic E-state index is 11.9. The molecule has 2 aromatic rings. The van der Waals surface area contributed by atoms with E-state index in [1.807, 2.05) is 0 Å². The Hall–Kier alpha value is -2.97. The number of ether oxygens (including phenoxy) is 1. The molecule has 0 radical (unpaired) electrons. The van der Waals surface area contributed by atoms with Gasteiger partial charge in [-0.2, -0.15) is 4.98 Å². The van der Waals surface area contributed by atoms with Crippen LogP contribution in [0.2, 0.25) is 0 Å². The molecule has 1 heterocycles. The van der Waals surface area contributed by atoms with E-state index in [1.165, 1.54) is 19.2 Å². The Labute approximate surface area is 113 Å². The highest BCUT2D eigenvalue weighted by Crippen LogP contribution is 2.27. The summed E-state index contributed by atoms with van der Waals surface area (Å²) in [4.78, 5) is 26.1. The standard InChI is InChI=1S/C11H11N5O4/c1-6-12-11(15-14-6)13-10(17)7-3-4-9(20-2)8(5-7)16(18)19/h3-5H,1-2H3,(H2,12,13,14,15,17). The molecule has 1 amide bonds. The maximum absolute atomic E-state index is 11.9. The van der Waals surface area contributed by atoms with Crippen LogP contribution in [-0.2, 0) is 0 Å². The van der Waals surface area contributed by atoms with Crippen LogP contribution in [0.25, 0.3) is 0 Å². The Morgan fingerprint density at radius 3 is 2.80 bits per heavy atom. The smallest absolute Gasteiger partial charge is 0.311 e. The summed E-state index contributed by atoms with van der Waals surface area (Å²) >= 11 is 0. The van der Waals surface area contributed by atoms with Crippen LogP contribution in [0.5, 0.6) is 5.75 Å². The van der Waals surface area contributed by atoms with E-state index in [2.05, 4.69) is 20.5 Å². The second kappa shape index (κ2) is 5.34. The Morgan fingerprint density at radius 1 is 1.50 bits per heavy atom. The molecule has 0 saturated carbocycles. The number of H-pyrrole nitrogens is 1. The van der Waals surface area contributed by atoms with Crippen molar-refractivity contribution < 1.29 is 14.5 Å². The lowest BCUT2D eigenvalue weighted by Crippen LogP contribution is -2.13. The molecule has 0 aliphatic rings. The minimum atomic E-state index is -0.618. The van der Waals surface area contributed by atoms with Crippen LogP contribution in [0.1, 0.15) is 16.2 Å². The summed E-state index contributed by atoms with van der Waals surface area (Å²) in [6.07, 6.45) is 0. The van der Waals surface area contributed by atoms with Crippen molar-refractivity contribution in [3.05, 3.63) is 39.7 Å². The molecule has 2 rings (SSSR count). The Morgan fingerprint density at radius 2 is 2.25 bits per heavy atom. The summed E-state index contributed by atoms with van der Waals surface area (Å²) in [6, 6.07) is 3.91. The second-order valence-electron chi connectivity index (χ2n) is 3.84. The van der Waals surface area contributed by atoms with Gasteiger partial charge in [-0.25, -0.2) is 0 Å². The molecule has 0 aliphatic carbocycles. The van der Waals surface area contributed by atoms with Gasteiger partial charge in [-0.05, 0) is 19.1 Å². The highest BCUT2D eigenvalue weighted by atomic mass is 16.6. The predicted octanol–water partition coefficient (Wildman–Crippen LogP) is 1.28. The van der Waals surface area contributed by atoms with Gasteiger partial charge >= 0.3 is 5.69 Å². The van der Waals surface area contributed by atoms with E-state index in [9.17, 15) is 14.9 Å². The second-order valence-corrected chi connectivity index (χ2v) is 3.84. The quantitative estimate of drug-likeness (QED) is 0.641. The predicted molar refractivity (Wildman–Crippen MR) is 68.7 cm³/mol. The molecule has 0 saturated heterocycles. The van der Waals surface area contributed by atoms with Crippen molar-refractivity contribution in [2.24, 2.45) is 0 Å². The number of hydrogen-bond donors (Lipinski definition) is 2. The van der Waals surface area contributed by atoms with Crippen molar-refractivity contribution in [3.8, 4) is 5.75 Å². The van der Waals surface area contributed by atoms with Gasteiger partial charge in [0.25, 0.3) is 5.91 Å². The molecule has 104 valence electrons. The molecule has 2 N–H and O–H groups in total. The number of nitro benzene ring substituents is 1. The van der Waals surface area contributed by atoms with Gasteiger partial charge in [-0.1, -0.05) is 0 Å². The van der Waals surface area contributed by atoms with Crippen LogP contribution in [0.15, 0.2) is 18.2 Å². The fourth-order valence-electron chi connectivity index (χ4n) is 1.55. The van der Waals surface area contributed by atoms with Crippen molar-refractivity contribution in [2.75, 3.05) is 12.4 Å². The fraction of sp³-hybridized carbons (Fsp3) is 0.182. The number of amides is 1. The zero-order valence-electron chi connectivity index (χ0n) is 10.7.